The maximum atomic E-state index is 6.49. The zero-order valence-corrected chi connectivity index (χ0v) is 20.3. The predicted octanol–water partition coefficient (Wildman–Crippen LogP) is 5.04. The largest absolute Gasteiger partial charge is 0.368 e. The first-order chi connectivity index (χ1) is 16.8. The Labute approximate surface area is 207 Å². The fourth-order valence-electron chi connectivity index (χ4n) is 4.08. The number of ether oxygens (including phenoxy) is 5. The Morgan fingerprint density at radius 1 is 0.618 bits per heavy atom. The molecule has 0 spiro atoms. The highest BCUT2D eigenvalue weighted by Gasteiger charge is 2.48. The van der Waals surface area contributed by atoms with Crippen molar-refractivity contribution in [1.29, 1.82) is 0 Å². The molecule has 1 heterocycles. The molecule has 0 saturated carbocycles. The first-order valence-corrected chi connectivity index (χ1v) is 12.2. The van der Waals surface area contributed by atoms with Crippen LogP contribution in [0.25, 0.3) is 0 Å². The lowest BCUT2D eigenvalue weighted by atomic mass is 9.98. The maximum Gasteiger partial charge on any atom is 0.186 e. The Morgan fingerprint density at radius 2 is 1.03 bits per heavy atom. The highest BCUT2D eigenvalue weighted by Crippen LogP contribution is 2.31. The molecule has 5 nitrogen and oxygen atoms in total. The molecule has 1 aliphatic heterocycles. The van der Waals surface area contributed by atoms with Crippen LogP contribution in [0.5, 0.6) is 0 Å². The highest BCUT2D eigenvalue weighted by molar-refractivity contribution is 7.80. The van der Waals surface area contributed by atoms with Crippen LogP contribution in [-0.2, 0) is 43.5 Å². The van der Waals surface area contributed by atoms with E-state index in [9.17, 15) is 0 Å². The van der Waals surface area contributed by atoms with Gasteiger partial charge in [0.1, 0.15) is 18.3 Å². The SMILES string of the molecule is CO[C@H]1O[C@H](CS)[C@@H](OCc2ccccc2)[C@H](OCc2ccccc2)[C@H]1OCc1ccccc1. The van der Waals surface area contributed by atoms with Gasteiger partial charge in [0, 0.05) is 12.9 Å². The zero-order chi connectivity index (χ0) is 23.6. The average molecular weight is 481 g/mol. The summed E-state index contributed by atoms with van der Waals surface area (Å²) in [4.78, 5) is 0. The second kappa shape index (κ2) is 13.0. The van der Waals surface area contributed by atoms with Crippen LogP contribution in [0.1, 0.15) is 16.7 Å². The minimum absolute atomic E-state index is 0.311. The van der Waals surface area contributed by atoms with Gasteiger partial charge in [-0.25, -0.2) is 0 Å². The summed E-state index contributed by atoms with van der Waals surface area (Å²) >= 11 is 4.54. The zero-order valence-electron chi connectivity index (χ0n) is 19.4. The molecular formula is C28H32O5S. The summed E-state index contributed by atoms with van der Waals surface area (Å²) in [6.45, 7) is 1.28. The van der Waals surface area contributed by atoms with Crippen LogP contribution in [0, 0.1) is 0 Å². The Kier molecular flexibility index (Phi) is 9.56. The van der Waals surface area contributed by atoms with Gasteiger partial charge < -0.3 is 23.7 Å². The summed E-state index contributed by atoms with van der Waals surface area (Å²) < 4.78 is 31.2. The van der Waals surface area contributed by atoms with Crippen molar-refractivity contribution < 1.29 is 23.7 Å². The number of hydrogen-bond donors (Lipinski definition) is 1. The van der Waals surface area contributed by atoms with Crippen molar-refractivity contribution >= 4 is 12.6 Å². The molecule has 0 unspecified atom stereocenters. The molecule has 3 aromatic carbocycles. The molecule has 3 aromatic rings. The molecule has 0 aromatic heterocycles. The standard InChI is InChI=1S/C28H32O5S/c1-29-28-27(32-19-23-15-9-4-10-16-23)26(31-18-22-13-7-3-8-14-22)25(24(20-34)33-28)30-17-21-11-5-2-6-12-21/h2-16,24-28,34H,17-20H2,1H3/t24-,25-,26+,27-,28+/m1/s1. The van der Waals surface area contributed by atoms with E-state index in [2.05, 4.69) is 12.6 Å². The highest BCUT2D eigenvalue weighted by atomic mass is 32.1. The number of rotatable bonds is 11. The van der Waals surface area contributed by atoms with Crippen LogP contribution >= 0.6 is 12.6 Å². The van der Waals surface area contributed by atoms with Crippen molar-refractivity contribution in [1.82, 2.24) is 0 Å². The second-order valence-electron chi connectivity index (χ2n) is 8.24. The van der Waals surface area contributed by atoms with Gasteiger partial charge in [0.15, 0.2) is 6.29 Å². The van der Waals surface area contributed by atoms with Gasteiger partial charge in [-0.15, -0.1) is 0 Å². The number of benzene rings is 3. The first-order valence-electron chi connectivity index (χ1n) is 11.5. The van der Waals surface area contributed by atoms with E-state index in [-0.39, 0.29) is 12.2 Å². The summed E-state index contributed by atoms with van der Waals surface area (Å²) in [7, 11) is 1.62. The van der Waals surface area contributed by atoms with Crippen LogP contribution in [0.3, 0.4) is 0 Å². The molecule has 0 aliphatic carbocycles. The molecule has 6 heteroatoms. The van der Waals surface area contributed by atoms with E-state index in [1.165, 1.54) is 0 Å². The van der Waals surface area contributed by atoms with Crippen LogP contribution in [-0.4, -0.2) is 43.6 Å². The third-order valence-electron chi connectivity index (χ3n) is 5.86. The fourth-order valence-corrected chi connectivity index (χ4v) is 4.38. The van der Waals surface area contributed by atoms with Gasteiger partial charge in [-0.1, -0.05) is 91.0 Å². The predicted molar refractivity (Wildman–Crippen MR) is 135 cm³/mol. The first kappa shape index (κ1) is 24.9. The van der Waals surface area contributed by atoms with E-state index in [1.54, 1.807) is 7.11 Å². The lowest BCUT2D eigenvalue weighted by Crippen LogP contribution is -2.61. The third-order valence-corrected chi connectivity index (χ3v) is 6.22. The van der Waals surface area contributed by atoms with E-state index in [0.717, 1.165) is 16.7 Å². The second-order valence-corrected chi connectivity index (χ2v) is 8.61. The van der Waals surface area contributed by atoms with E-state index >= 15 is 0 Å². The fraction of sp³-hybridized carbons (Fsp3) is 0.357. The van der Waals surface area contributed by atoms with Gasteiger partial charge in [-0.3, -0.25) is 0 Å². The summed E-state index contributed by atoms with van der Waals surface area (Å²) in [6.07, 6.45) is -2.18. The van der Waals surface area contributed by atoms with E-state index < -0.39 is 18.5 Å². The van der Waals surface area contributed by atoms with Crippen LogP contribution in [0.15, 0.2) is 91.0 Å². The third kappa shape index (κ3) is 6.69. The van der Waals surface area contributed by atoms with Crippen molar-refractivity contribution in [2.45, 2.75) is 50.5 Å². The molecule has 4 rings (SSSR count). The molecule has 0 radical (unpaired) electrons. The van der Waals surface area contributed by atoms with E-state index in [4.69, 9.17) is 23.7 Å². The summed E-state index contributed by atoms with van der Waals surface area (Å²) in [5, 5.41) is 0. The molecule has 0 amide bonds. The van der Waals surface area contributed by atoms with Gasteiger partial charge >= 0.3 is 0 Å². The molecule has 1 aliphatic rings. The summed E-state index contributed by atoms with van der Waals surface area (Å²) in [5.41, 5.74) is 3.23. The Balaban J connectivity index is 1.56. The maximum absolute atomic E-state index is 6.49. The number of methoxy groups -OCH3 is 1. The molecule has 0 N–H and O–H groups in total. The molecule has 34 heavy (non-hydrogen) atoms. The van der Waals surface area contributed by atoms with Crippen molar-refractivity contribution in [3.05, 3.63) is 108 Å². The molecule has 0 bridgehead atoms. The Morgan fingerprint density at radius 3 is 1.44 bits per heavy atom. The normalized spacial score (nSPS) is 24.7. The van der Waals surface area contributed by atoms with Crippen LogP contribution < -0.4 is 0 Å². The average Bonchev–Trinajstić information content (AvgIpc) is 2.91. The molecular weight excluding hydrogens is 448 g/mol. The van der Waals surface area contributed by atoms with Gasteiger partial charge in [-0.05, 0) is 16.7 Å². The molecule has 180 valence electrons. The molecule has 1 fully saturated rings. The minimum Gasteiger partial charge on any atom is -0.368 e. The van der Waals surface area contributed by atoms with Crippen molar-refractivity contribution in [3.8, 4) is 0 Å². The summed E-state index contributed by atoms with van der Waals surface area (Å²) in [5.74, 6) is 0.468. The minimum atomic E-state index is -0.599. The van der Waals surface area contributed by atoms with Gasteiger partial charge in [0.05, 0.1) is 25.9 Å². The van der Waals surface area contributed by atoms with Crippen LogP contribution in [0.4, 0.5) is 0 Å². The van der Waals surface area contributed by atoms with Crippen molar-refractivity contribution in [3.63, 3.8) is 0 Å². The quantitative estimate of drug-likeness (QED) is 0.390. The Hall–Kier alpha value is -2.19. The Bertz CT molecular complexity index is 899. The van der Waals surface area contributed by atoms with Crippen molar-refractivity contribution in [2.24, 2.45) is 0 Å². The van der Waals surface area contributed by atoms with Crippen LogP contribution in [0.2, 0.25) is 0 Å². The number of thiol groups is 1. The number of hydrogen-bond acceptors (Lipinski definition) is 6. The van der Waals surface area contributed by atoms with Crippen molar-refractivity contribution in [2.75, 3.05) is 12.9 Å². The van der Waals surface area contributed by atoms with E-state index in [0.29, 0.717) is 25.6 Å². The molecule has 1 saturated heterocycles. The summed E-state index contributed by atoms with van der Waals surface area (Å²) in [6, 6.07) is 30.2. The topological polar surface area (TPSA) is 46.2 Å². The van der Waals surface area contributed by atoms with E-state index in [1.807, 2.05) is 91.0 Å². The molecule has 5 atom stereocenters. The lowest BCUT2D eigenvalue weighted by molar-refractivity contribution is -0.313. The van der Waals surface area contributed by atoms with Gasteiger partial charge in [-0.2, -0.15) is 12.6 Å². The monoisotopic (exact) mass is 480 g/mol. The van der Waals surface area contributed by atoms with Gasteiger partial charge in [0.2, 0.25) is 0 Å². The smallest absolute Gasteiger partial charge is 0.186 e. The van der Waals surface area contributed by atoms with Gasteiger partial charge in [0.25, 0.3) is 0 Å². The lowest BCUT2D eigenvalue weighted by Gasteiger charge is -2.45.